The van der Waals surface area contributed by atoms with Crippen molar-refractivity contribution in [3.05, 3.63) is 89.8 Å². The molecule has 0 N–H and O–H groups in total. The highest BCUT2D eigenvalue weighted by atomic mass is 16.5. The van der Waals surface area contributed by atoms with E-state index in [0.29, 0.717) is 6.42 Å². The van der Waals surface area contributed by atoms with Crippen LogP contribution < -0.4 is 0 Å². The normalized spacial score (nSPS) is 12.2. The SMILES string of the molecule is CC[C@H](c1ccccn1)n1cc(-c2ccc(CC(C)=O)cc2)c2ncc(-c3c(C)noc3C)cc21. The fourth-order valence-electron chi connectivity index (χ4n) is 4.84. The molecule has 0 spiro atoms. The lowest BCUT2D eigenvalue weighted by molar-refractivity contribution is -0.116. The van der Waals surface area contributed by atoms with Crippen LogP contribution in [0.2, 0.25) is 0 Å². The molecule has 0 saturated carbocycles. The quantitative estimate of drug-likeness (QED) is 0.275. The first-order valence-electron chi connectivity index (χ1n) is 11.9. The summed E-state index contributed by atoms with van der Waals surface area (Å²) in [7, 11) is 0. The zero-order valence-electron chi connectivity index (χ0n) is 20.4. The lowest BCUT2D eigenvalue weighted by atomic mass is 10.0. The highest BCUT2D eigenvalue weighted by Gasteiger charge is 2.21. The van der Waals surface area contributed by atoms with Gasteiger partial charge >= 0.3 is 0 Å². The summed E-state index contributed by atoms with van der Waals surface area (Å²) in [6, 6.07) is 16.5. The van der Waals surface area contributed by atoms with E-state index in [9.17, 15) is 4.79 Å². The fourth-order valence-corrected chi connectivity index (χ4v) is 4.84. The third-order valence-corrected chi connectivity index (χ3v) is 6.46. The molecule has 0 amide bonds. The molecule has 0 radical (unpaired) electrons. The zero-order chi connectivity index (χ0) is 24.5. The smallest absolute Gasteiger partial charge is 0.141 e. The van der Waals surface area contributed by atoms with E-state index in [1.165, 1.54) is 0 Å². The lowest BCUT2D eigenvalue weighted by Crippen LogP contribution is -2.10. The lowest BCUT2D eigenvalue weighted by Gasteiger charge is -2.18. The Bertz CT molecular complexity index is 1480. The van der Waals surface area contributed by atoms with Crippen molar-refractivity contribution in [1.29, 1.82) is 0 Å². The van der Waals surface area contributed by atoms with E-state index in [4.69, 9.17) is 9.51 Å². The number of nitrogens with zero attached hydrogens (tertiary/aromatic N) is 4. The zero-order valence-corrected chi connectivity index (χ0v) is 20.4. The molecule has 5 rings (SSSR count). The number of benzene rings is 1. The van der Waals surface area contributed by atoms with Crippen LogP contribution in [0.25, 0.3) is 33.3 Å². The molecule has 0 aliphatic rings. The summed E-state index contributed by atoms with van der Waals surface area (Å²) in [6.45, 7) is 7.67. The molecule has 0 fully saturated rings. The van der Waals surface area contributed by atoms with E-state index in [1.54, 1.807) is 6.92 Å². The Balaban J connectivity index is 1.70. The Morgan fingerprint density at radius 3 is 2.49 bits per heavy atom. The number of fused-ring (bicyclic) bond motifs is 1. The van der Waals surface area contributed by atoms with Gasteiger partial charge in [-0.15, -0.1) is 0 Å². The van der Waals surface area contributed by atoms with Crippen molar-refractivity contribution < 1.29 is 9.32 Å². The summed E-state index contributed by atoms with van der Waals surface area (Å²) in [6.07, 6.45) is 7.24. The second-order valence-corrected chi connectivity index (χ2v) is 9.00. The predicted molar refractivity (Wildman–Crippen MR) is 137 cm³/mol. The molecule has 0 saturated heterocycles. The van der Waals surface area contributed by atoms with Crippen molar-refractivity contribution in [2.24, 2.45) is 0 Å². The molecule has 0 unspecified atom stereocenters. The fraction of sp³-hybridized carbons (Fsp3) is 0.241. The Labute approximate surface area is 204 Å². The van der Waals surface area contributed by atoms with Gasteiger partial charge in [0.25, 0.3) is 0 Å². The first kappa shape index (κ1) is 22.7. The number of hydrogen-bond donors (Lipinski definition) is 0. The van der Waals surface area contributed by atoms with Crippen LogP contribution in [0, 0.1) is 13.8 Å². The minimum Gasteiger partial charge on any atom is -0.361 e. The summed E-state index contributed by atoms with van der Waals surface area (Å²) in [5, 5.41) is 4.13. The maximum atomic E-state index is 11.5. The topological polar surface area (TPSA) is 73.8 Å². The van der Waals surface area contributed by atoms with Crippen LogP contribution in [-0.4, -0.2) is 25.5 Å². The molecule has 6 heteroatoms. The maximum Gasteiger partial charge on any atom is 0.141 e. The van der Waals surface area contributed by atoms with Crippen molar-refractivity contribution >= 4 is 16.8 Å². The molecular formula is C29H28N4O2. The van der Waals surface area contributed by atoms with Crippen LogP contribution in [0.1, 0.15) is 49.0 Å². The third kappa shape index (κ3) is 4.28. The van der Waals surface area contributed by atoms with Crippen molar-refractivity contribution in [3.8, 4) is 22.3 Å². The molecule has 6 nitrogen and oxygen atoms in total. The molecule has 4 aromatic heterocycles. The van der Waals surface area contributed by atoms with E-state index in [0.717, 1.165) is 62.4 Å². The first-order valence-corrected chi connectivity index (χ1v) is 11.9. The highest BCUT2D eigenvalue weighted by Crippen LogP contribution is 2.37. The average molecular weight is 465 g/mol. The van der Waals surface area contributed by atoms with Crippen LogP contribution >= 0.6 is 0 Å². The Morgan fingerprint density at radius 2 is 1.86 bits per heavy atom. The summed E-state index contributed by atoms with van der Waals surface area (Å²) in [5.41, 5.74) is 8.90. The Morgan fingerprint density at radius 1 is 1.06 bits per heavy atom. The summed E-state index contributed by atoms with van der Waals surface area (Å²) >= 11 is 0. The molecule has 0 bridgehead atoms. The average Bonchev–Trinajstić information content (AvgIpc) is 3.39. The second-order valence-electron chi connectivity index (χ2n) is 9.00. The molecular weight excluding hydrogens is 436 g/mol. The van der Waals surface area contributed by atoms with Crippen LogP contribution in [0.4, 0.5) is 0 Å². The van der Waals surface area contributed by atoms with E-state index in [1.807, 2.05) is 50.5 Å². The standard InChI is InChI=1S/C29H28N4O2/c1-5-26(25-8-6-7-13-30-25)33-17-24(22-11-9-21(10-12-22)14-18(2)34)29-27(33)15-23(16-31-29)28-19(3)32-35-20(28)4/h6-13,15-17,26H,5,14H2,1-4H3/t26-/m1/s1. The van der Waals surface area contributed by atoms with E-state index in [-0.39, 0.29) is 11.8 Å². The number of hydrogen-bond acceptors (Lipinski definition) is 5. The van der Waals surface area contributed by atoms with Gasteiger partial charge in [0.15, 0.2) is 0 Å². The van der Waals surface area contributed by atoms with Gasteiger partial charge in [0, 0.05) is 41.7 Å². The van der Waals surface area contributed by atoms with Gasteiger partial charge in [0.05, 0.1) is 28.5 Å². The minimum atomic E-state index is 0.0613. The molecule has 4 heterocycles. The van der Waals surface area contributed by atoms with E-state index in [2.05, 4.69) is 52.1 Å². The maximum absolute atomic E-state index is 11.5. The van der Waals surface area contributed by atoms with Crippen LogP contribution in [-0.2, 0) is 11.2 Å². The highest BCUT2D eigenvalue weighted by molar-refractivity contribution is 5.95. The van der Waals surface area contributed by atoms with E-state index >= 15 is 0 Å². The van der Waals surface area contributed by atoms with Crippen molar-refractivity contribution in [1.82, 2.24) is 19.7 Å². The van der Waals surface area contributed by atoms with Gasteiger partial charge < -0.3 is 9.09 Å². The van der Waals surface area contributed by atoms with Crippen molar-refractivity contribution in [2.45, 2.75) is 46.6 Å². The van der Waals surface area contributed by atoms with Gasteiger partial charge in [-0.3, -0.25) is 14.8 Å². The Hall–Kier alpha value is -4.06. The predicted octanol–water partition coefficient (Wildman–Crippen LogP) is 6.50. The minimum absolute atomic E-state index is 0.0613. The second kappa shape index (κ2) is 9.29. The third-order valence-electron chi connectivity index (χ3n) is 6.46. The van der Waals surface area contributed by atoms with Crippen molar-refractivity contribution in [3.63, 3.8) is 0 Å². The van der Waals surface area contributed by atoms with Gasteiger partial charge in [-0.1, -0.05) is 42.4 Å². The Kier molecular flexibility index (Phi) is 6.03. The number of aryl methyl sites for hydroxylation is 2. The number of aromatic nitrogens is 4. The summed E-state index contributed by atoms with van der Waals surface area (Å²) < 4.78 is 7.71. The van der Waals surface area contributed by atoms with Gasteiger partial charge in [0.1, 0.15) is 11.5 Å². The number of pyridine rings is 2. The van der Waals surface area contributed by atoms with Crippen molar-refractivity contribution in [2.75, 3.05) is 0 Å². The number of carbonyl (C=O) groups is 1. The summed E-state index contributed by atoms with van der Waals surface area (Å²) in [4.78, 5) is 21.1. The van der Waals surface area contributed by atoms with Gasteiger partial charge in [-0.05, 0) is 56.5 Å². The van der Waals surface area contributed by atoms with Crippen LogP contribution in [0.15, 0.2) is 71.6 Å². The molecule has 1 atom stereocenters. The van der Waals surface area contributed by atoms with E-state index < -0.39 is 0 Å². The number of ketones is 1. The van der Waals surface area contributed by atoms with Gasteiger partial charge in [0.2, 0.25) is 0 Å². The van der Waals surface area contributed by atoms with Gasteiger partial charge in [-0.25, -0.2) is 0 Å². The van der Waals surface area contributed by atoms with Crippen LogP contribution in [0.5, 0.6) is 0 Å². The molecule has 0 aliphatic heterocycles. The van der Waals surface area contributed by atoms with Crippen LogP contribution in [0.3, 0.4) is 0 Å². The number of Topliss-reactive ketones (excluding diaryl/α,β-unsaturated/α-hetero) is 1. The number of carbonyl (C=O) groups excluding carboxylic acids is 1. The molecule has 1 aromatic carbocycles. The first-order chi connectivity index (χ1) is 17.0. The monoisotopic (exact) mass is 464 g/mol. The van der Waals surface area contributed by atoms with Gasteiger partial charge in [-0.2, -0.15) is 0 Å². The molecule has 35 heavy (non-hydrogen) atoms. The molecule has 0 aliphatic carbocycles. The molecule has 5 aromatic rings. The summed E-state index contributed by atoms with van der Waals surface area (Å²) in [5.74, 6) is 0.934. The molecule has 176 valence electrons. The number of rotatable bonds is 7. The largest absolute Gasteiger partial charge is 0.361 e.